The number of hydrogen-bond acceptors (Lipinski definition) is 8. The zero-order valence-electron chi connectivity index (χ0n) is 19.1. The molecule has 0 spiro atoms. The third-order valence-electron chi connectivity index (χ3n) is 4.83. The molecule has 1 aromatic heterocycles. The van der Waals surface area contributed by atoms with Crippen LogP contribution >= 0.6 is 0 Å². The Hall–Kier alpha value is -4.00. The van der Waals surface area contributed by atoms with Gasteiger partial charge < -0.3 is 30.0 Å². The van der Waals surface area contributed by atoms with Crippen molar-refractivity contribution in [3.05, 3.63) is 35.0 Å². The SMILES string of the molecule is CCOC(=O)N1CCc2nc(N)c(C#N)c(-c3ccc(OC(C)C)c(OC)c3)c2C1.O=CO. The maximum atomic E-state index is 12.3. The van der Waals surface area contributed by atoms with E-state index < -0.39 is 0 Å². The van der Waals surface area contributed by atoms with Crippen molar-refractivity contribution in [2.45, 2.75) is 39.8 Å². The monoisotopic (exact) mass is 456 g/mol. The van der Waals surface area contributed by atoms with E-state index in [1.165, 1.54) is 0 Å². The first-order valence-corrected chi connectivity index (χ1v) is 10.4. The molecule has 1 amide bonds. The number of nitrogen functional groups attached to an aromatic ring is 1. The Morgan fingerprint density at radius 2 is 2.09 bits per heavy atom. The summed E-state index contributed by atoms with van der Waals surface area (Å²) in [6.45, 7) is 6.46. The summed E-state index contributed by atoms with van der Waals surface area (Å²) < 4.78 is 16.5. The minimum Gasteiger partial charge on any atom is -0.493 e. The van der Waals surface area contributed by atoms with Gasteiger partial charge in [-0.05, 0) is 38.5 Å². The predicted octanol–water partition coefficient (Wildman–Crippen LogP) is 3.21. The molecule has 33 heavy (non-hydrogen) atoms. The van der Waals surface area contributed by atoms with Crippen LogP contribution in [0.25, 0.3) is 11.1 Å². The van der Waals surface area contributed by atoms with Gasteiger partial charge >= 0.3 is 6.09 Å². The molecule has 0 fully saturated rings. The van der Waals surface area contributed by atoms with Crippen molar-refractivity contribution in [1.82, 2.24) is 9.88 Å². The van der Waals surface area contributed by atoms with Gasteiger partial charge in [0.1, 0.15) is 17.5 Å². The number of methoxy groups -OCH3 is 1. The number of carbonyl (C=O) groups is 2. The molecule has 2 heterocycles. The summed E-state index contributed by atoms with van der Waals surface area (Å²) in [6.07, 6.45) is 0.132. The fourth-order valence-corrected chi connectivity index (χ4v) is 3.56. The van der Waals surface area contributed by atoms with Crippen LogP contribution in [-0.2, 0) is 22.5 Å². The number of fused-ring (bicyclic) bond motifs is 1. The number of amides is 1. The summed E-state index contributed by atoms with van der Waals surface area (Å²) in [4.78, 5) is 26.7. The van der Waals surface area contributed by atoms with E-state index in [1.54, 1.807) is 18.9 Å². The van der Waals surface area contributed by atoms with Gasteiger partial charge in [0.15, 0.2) is 11.5 Å². The molecule has 1 aromatic carbocycles. The fraction of sp³-hybridized carbons (Fsp3) is 0.391. The van der Waals surface area contributed by atoms with Crippen LogP contribution in [0, 0.1) is 11.3 Å². The number of pyridine rings is 1. The van der Waals surface area contributed by atoms with Crippen molar-refractivity contribution in [2.75, 3.05) is 26.0 Å². The summed E-state index contributed by atoms with van der Waals surface area (Å²) in [7, 11) is 1.57. The smallest absolute Gasteiger partial charge is 0.410 e. The Morgan fingerprint density at radius 3 is 2.67 bits per heavy atom. The summed E-state index contributed by atoms with van der Waals surface area (Å²) >= 11 is 0. The highest BCUT2D eigenvalue weighted by Crippen LogP contribution is 2.39. The van der Waals surface area contributed by atoms with Crippen molar-refractivity contribution in [1.29, 1.82) is 5.26 Å². The van der Waals surface area contributed by atoms with Crippen LogP contribution in [0.15, 0.2) is 18.2 Å². The van der Waals surface area contributed by atoms with E-state index in [0.717, 1.165) is 16.8 Å². The zero-order valence-corrected chi connectivity index (χ0v) is 19.1. The van der Waals surface area contributed by atoms with Crippen molar-refractivity contribution in [3.8, 4) is 28.7 Å². The topological polar surface area (TPSA) is 148 Å². The van der Waals surface area contributed by atoms with Crippen LogP contribution in [0.4, 0.5) is 10.6 Å². The molecule has 1 aliphatic rings. The Kier molecular flexibility index (Phi) is 8.86. The average molecular weight is 456 g/mol. The van der Waals surface area contributed by atoms with Crippen LogP contribution in [0.3, 0.4) is 0 Å². The van der Waals surface area contributed by atoms with Crippen molar-refractivity contribution >= 4 is 18.4 Å². The summed E-state index contributed by atoms with van der Waals surface area (Å²) in [5.41, 5.74) is 9.36. The maximum Gasteiger partial charge on any atom is 0.410 e. The first-order valence-electron chi connectivity index (χ1n) is 10.4. The van der Waals surface area contributed by atoms with Gasteiger partial charge in [-0.2, -0.15) is 5.26 Å². The lowest BCUT2D eigenvalue weighted by Gasteiger charge is -2.30. The van der Waals surface area contributed by atoms with Gasteiger partial charge in [0.05, 0.1) is 32.1 Å². The highest BCUT2D eigenvalue weighted by molar-refractivity contribution is 5.81. The minimum absolute atomic E-state index is 0.0121. The average Bonchev–Trinajstić information content (AvgIpc) is 2.78. The van der Waals surface area contributed by atoms with Crippen molar-refractivity contribution in [3.63, 3.8) is 0 Å². The molecule has 1 aliphatic heterocycles. The molecule has 0 saturated carbocycles. The first kappa shape index (κ1) is 25.3. The molecule has 176 valence electrons. The molecular weight excluding hydrogens is 428 g/mol. The number of hydrogen-bond donors (Lipinski definition) is 2. The molecule has 10 nitrogen and oxygen atoms in total. The molecule has 0 bridgehead atoms. The van der Waals surface area contributed by atoms with E-state index in [1.807, 2.05) is 32.0 Å². The Labute approximate surface area is 192 Å². The number of ether oxygens (including phenoxy) is 3. The van der Waals surface area contributed by atoms with E-state index >= 15 is 0 Å². The number of benzene rings is 1. The molecule has 3 N–H and O–H groups in total. The van der Waals surface area contributed by atoms with Gasteiger partial charge in [0, 0.05) is 24.1 Å². The lowest BCUT2D eigenvalue weighted by molar-refractivity contribution is -0.122. The number of carboxylic acid groups (broad SMARTS) is 1. The molecule has 10 heteroatoms. The van der Waals surface area contributed by atoms with Crippen LogP contribution in [0.1, 0.15) is 37.6 Å². The summed E-state index contributed by atoms with van der Waals surface area (Å²) in [5.74, 6) is 1.34. The predicted molar refractivity (Wildman–Crippen MR) is 121 cm³/mol. The quantitative estimate of drug-likeness (QED) is 0.647. The standard InChI is InChI=1S/C22H26N4O4.CH2O2/c1-5-29-22(27)26-9-8-17-16(12-26)20(15(11-23)21(24)25-17)14-6-7-18(30-13(2)3)19(10-14)28-4;2-1-3/h6-7,10,13H,5,8-9,12H2,1-4H3,(H2,24,25);1H,(H,2,3). The fourth-order valence-electron chi connectivity index (χ4n) is 3.56. The van der Waals surface area contributed by atoms with Gasteiger partial charge in [-0.25, -0.2) is 9.78 Å². The molecule has 3 rings (SSSR count). The van der Waals surface area contributed by atoms with Crippen LogP contribution < -0.4 is 15.2 Å². The number of nitrogens with two attached hydrogens (primary N) is 1. The second-order valence-electron chi connectivity index (χ2n) is 7.29. The summed E-state index contributed by atoms with van der Waals surface area (Å²) in [5, 5.41) is 16.7. The van der Waals surface area contributed by atoms with Crippen molar-refractivity contribution < 1.29 is 28.9 Å². The molecule has 0 saturated heterocycles. The first-order chi connectivity index (χ1) is 15.8. The van der Waals surface area contributed by atoms with E-state index in [2.05, 4.69) is 11.1 Å². The highest BCUT2D eigenvalue weighted by atomic mass is 16.6. The van der Waals surface area contributed by atoms with E-state index in [9.17, 15) is 10.1 Å². The number of aromatic nitrogens is 1. The molecule has 0 radical (unpaired) electrons. The highest BCUT2D eigenvalue weighted by Gasteiger charge is 2.28. The maximum absolute atomic E-state index is 12.3. The van der Waals surface area contributed by atoms with Gasteiger partial charge in [-0.3, -0.25) is 4.79 Å². The molecular formula is C23H28N4O6. The number of anilines is 1. The van der Waals surface area contributed by atoms with Gasteiger partial charge in [-0.1, -0.05) is 6.07 Å². The van der Waals surface area contributed by atoms with Gasteiger partial charge in [0.25, 0.3) is 6.47 Å². The lowest BCUT2D eigenvalue weighted by atomic mass is 9.91. The van der Waals surface area contributed by atoms with E-state index in [4.69, 9.17) is 29.8 Å². The largest absolute Gasteiger partial charge is 0.493 e. The Balaban J connectivity index is 0.00000122. The number of rotatable bonds is 5. The lowest BCUT2D eigenvalue weighted by Crippen LogP contribution is -2.37. The third kappa shape index (κ3) is 5.83. The van der Waals surface area contributed by atoms with Crippen LogP contribution in [0.5, 0.6) is 11.5 Å². The zero-order chi connectivity index (χ0) is 24.5. The van der Waals surface area contributed by atoms with Crippen molar-refractivity contribution in [2.24, 2.45) is 0 Å². The van der Waals surface area contributed by atoms with Gasteiger partial charge in [0.2, 0.25) is 0 Å². The van der Waals surface area contributed by atoms with Crippen LogP contribution in [-0.4, -0.2) is 53.9 Å². The second kappa shape index (κ2) is 11.6. The second-order valence-corrected chi connectivity index (χ2v) is 7.29. The van der Waals surface area contributed by atoms with E-state index in [-0.39, 0.29) is 36.6 Å². The Bertz CT molecular complexity index is 1050. The molecule has 2 aromatic rings. The molecule has 0 aliphatic carbocycles. The minimum atomic E-state index is -0.386. The molecule has 0 atom stereocenters. The molecule has 0 unspecified atom stereocenters. The van der Waals surface area contributed by atoms with Gasteiger partial charge in [-0.15, -0.1) is 0 Å². The number of carbonyl (C=O) groups excluding carboxylic acids is 1. The number of nitriles is 1. The van der Waals surface area contributed by atoms with E-state index in [0.29, 0.717) is 36.6 Å². The third-order valence-corrected chi connectivity index (χ3v) is 4.83. The van der Waals surface area contributed by atoms with Crippen LogP contribution in [0.2, 0.25) is 0 Å². The normalized spacial score (nSPS) is 12.1. The Morgan fingerprint density at radius 1 is 1.39 bits per heavy atom. The summed E-state index contributed by atoms with van der Waals surface area (Å²) in [6, 6.07) is 7.66. The number of nitrogens with zero attached hydrogens (tertiary/aromatic N) is 3.